The summed E-state index contributed by atoms with van der Waals surface area (Å²) in [6.07, 6.45) is 7.83. The molecule has 2 saturated carbocycles. The van der Waals surface area contributed by atoms with Crippen molar-refractivity contribution in [2.75, 3.05) is 13.1 Å². The average Bonchev–Trinajstić information content (AvgIpc) is 3.01. The van der Waals surface area contributed by atoms with E-state index in [-0.39, 0.29) is 0 Å². The molecule has 1 atom stereocenters. The number of hydrogen-bond donors (Lipinski definition) is 0. The molecule has 3 rings (SSSR count). The summed E-state index contributed by atoms with van der Waals surface area (Å²) in [5.41, 5.74) is 0.778. The summed E-state index contributed by atoms with van der Waals surface area (Å²) in [6.45, 7) is 6.35. The van der Waals surface area contributed by atoms with Gasteiger partial charge >= 0.3 is 0 Å². The van der Waals surface area contributed by atoms with Gasteiger partial charge in [0.2, 0.25) is 5.91 Å². The number of amides is 1. The zero-order valence-corrected chi connectivity index (χ0v) is 12.9. The SMILES string of the molecule is CC1(C)CC1CC(=O)N1CCC2(CCC(=O)CC2)CC1. The summed E-state index contributed by atoms with van der Waals surface area (Å²) >= 11 is 0. The Labute approximate surface area is 122 Å². The van der Waals surface area contributed by atoms with Crippen LogP contribution in [0, 0.1) is 16.7 Å². The third-order valence-corrected chi connectivity index (χ3v) is 6.18. The molecular formula is C17H27NO2. The van der Waals surface area contributed by atoms with Crippen LogP contribution >= 0.6 is 0 Å². The summed E-state index contributed by atoms with van der Waals surface area (Å²) in [5.74, 6) is 1.41. The second-order valence-corrected chi connectivity index (χ2v) is 8.01. The zero-order valence-electron chi connectivity index (χ0n) is 12.9. The van der Waals surface area contributed by atoms with Crippen LogP contribution in [-0.2, 0) is 9.59 Å². The van der Waals surface area contributed by atoms with Gasteiger partial charge in [-0.1, -0.05) is 13.8 Å². The molecule has 2 aliphatic carbocycles. The maximum absolute atomic E-state index is 12.3. The van der Waals surface area contributed by atoms with E-state index in [0.717, 1.165) is 58.0 Å². The second kappa shape index (κ2) is 4.85. The second-order valence-electron chi connectivity index (χ2n) is 8.01. The molecule has 3 aliphatic rings. The van der Waals surface area contributed by atoms with Crippen molar-refractivity contribution >= 4 is 11.7 Å². The Morgan fingerprint density at radius 1 is 1.15 bits per heavy atom. The molecule has 0 aromatic rings. The highest BCUT2D eigenvalue weighted by Crippen LogP contribution is 2.54. The first-order valence-corrected chi connectivity index (χ1v) is 8.20. The number of rotatable bonds is 2. The number of ketones is 1. The van der Waals surface area contributed by atoms with Gasteiger partial charge in [0, 0.05) is 32.4 Å². The van der Waals surface area contributed by atoms with E-state index in [1.165, 1.54) is 6.42 Å². The minimum atomic E-state index is 0.363. The van der Waals surface area contributed by atoms with Gasteiger partial charge in [-0.25, -0.2) is 0 Å². The van der Waals surface area contributed by atoms with E-state index in [4.69, 9.17) is 0 Å². The van der Waals surface area contributed by atoms with Crippen LogP contribution < -0.4 is 0 Å². The fourth-order valence-corrected chi connectivity index (χ4v) is 4.05. The van der Waals surface area contributed by atoms with E-state index in [9.17, 15) is 9.59 Å². The predicted octanol–water partition coefficient (Wildman–Crippen LogP) is 3.17. The fourth-order valence-electron chi connectivity index (χ4n) is 4.05. The van der Waals surface area contributed by atoms with E-state index in [1.54, 1.807) is 0 Å². The largest absolute Gasteiger partial charge is 0.343 e. The van der Waals surface area contributed by atoms with Crippen LogP contribution in [-0.4, -0.2) is 29.7 Å². The van der Waals surface area contributed by atoms with Gasteiger partial charge in [0.1, 0.15) is 5.78 Å². The molecule has 1 aliphatic heterocycles. The molecule has 1 spiro atoms. The Morgan fingerprint density at radius 3 is 2.20 bits per heavy atom. The summed E-state index contributed by atoms with van der Waals surface area (Å²) in [5, 5.41) is 0. The Balaban J connectivity index is 1.48. The molecule has 1 saturated heterocycles. The lowest BCUT2D eigenvalue weighted by Crippen LogP contribution is -2.44. The van der Waals surface area contributed by atoms with Crippen molar-refractivity contribution in [3.8, 4) is 0 Å². The first-order valence-electron chi connectivity index (χ1n) is 8.20. The Morgan fingerprint density at radius 2 is 1.70 bits per heavy atom. The molecule has 0 N–H and O–H groups in total. The molecule has 3 nitrogen and oxygen atoms in total. The number of piperidine rings is 1. The van der Waals surface area contributed by atoms with Gasteiger partial charge in [-0.2, -0.15) is 0 Å². The van der Waals surface area contributed by atoms with Crippen molar-refractivity contribution < 1.29 is 9.59 Å². The first kappa shape index (κ1) is 14.1. The van der Waals surface area contributed by atoms with Gasteiger partial charge in [0.05, 0.1) is 0 Å². The van der Waals surface area contributed by atoms with Crippen molar-refractivity contribution in [3.63, 3.8) is 0 Å². The van der Waals surface area contributed by atoms with Crippen molar-refractivity contribution in [2.24, 2.45) is 16.7 Å². The quantitative estimate of drug-likeness (QED) is 0.777. The monoisotopic (exact) mass is 277 g/mol. The van der Waals surface area contributed by atoms with Crippen molar-refractivity contribution in [3.05, 3.63) is 0 Å². The van der Waals surface area contributed by atoms with E-state index in [0.29, 0.717) is 28.4 Å². The Bertz CT molecular complexity index is 407. The minimum Gasteiger partial charge on any atom is -0.343 e. The number of carbonyl (C=O) groups is 2. The Hall–Kier alpha value is -0.860. The number of likely N-dealkylation sites (tertiary alicyclic amines) is 1. The summed E-state index contributed by atoms with van der Waals surface area (Å²) < 4.78 is 0. The molecule has 20 heavy (non-hydrogen) atoms. The normalized spacial score (nSPS) is 31.4. The van der Waals surface area contributed by atoms with Crippen molar-refractivity contribution in [1.29, 1.82) is 0 Å². The molecule has 0 bridgehead atoms. The van der Waals surface area contributed by atoms with Gasteiger partial charge < -0.3 is 4.90 Å². The fraction of sp³-hybridized carbons (Fsp3) is 0.882. The smallest absolute Gasteiger partial charge is 0.222 e. The van der Waals surface area contributed by atoms with Crippen LogP contribution in [0.25, 0.3) is 0 Å². The third-order valence-electron chi connectivity index (χ3n) is 6.18. The summed E-state index contributed by atoms with van der Waals surface area (Å²) in [6, 6.07) is 0. The van der Waals surface area contributed by atoms with Crippen molar-refractivity contribution in [2.45, 2.75) is 65.2 Å². The maximum atomic E-state index is 12.3. The average molecular weight is 277 g/mol. The molecule has 1 amide bonds. The van der Waals surface area contributed by atoms with E-state index in [2.05, 4.69) is 18.7 Å². The molecule has 3 heteroatoms. The molecule has 3 fully saturated rings. The number of hydrogen-bond acceptors (Lipinski definition) is 2. The van der Waals surface area contributed by atoms with Gasteiger partial charge in [-0.3, -0.25) is 9.59 Å². The van der Waals surface area contributed by atoms with Gasteiger partial charge in [-0.05, 0) is 48.9 Å². The molecule has 112 valence electrons. The highest BCUT2D eigenvalue weighted by Gasteiger charge is 2.47. The van der Waals surface area contributed by atoms with E-state index in [1.807, 2.05) is 0 Å². The van der Waals surface area contributed by atoms with E-state index < -0.39 is 0 Å². The lowest BCUT2D eigenvalue weighted by molar-refractivity contribution is -0.135. The lowest BCUT2D eigenvalue weighted by Gasteiger charge is -2.44. The van der Waals surface area contributed by atoms with Crippen molar-refractivity contribution in [1.82, 2.24) is 4.90 Å². The van der Waals surface area contributed by atoms with Gasteiger partial charge in [-0.15, -0.1) is 0 Å². The molecular weight excluding hydrogens is 250 g/mol. The molecule has 1 heterocycles. The summed E-state index contributed by atoms with van der Waals surface area (Å²) in [4.78, 5) is 25.8. The van der Waals surface area contributed by atoms with Crippen LogP contribution in [0.2, 0.25) is 0 Å². The van der Waals surface area contributed by atoms with Crippen LogP contribution in [0.5, 0.6) is 0 Å². The van der Waals surface area contributed by atoms with E-state index >= 15 is 0 Å². The number of Topliss-reactive ketones (excluding diaryl/α,β-unsaturated/α-hetero) is 1. The third kappa shape index (κ3) is 2.77. The molecule has 1 unspecified atom stereocenters. The summed E-state index contributed by atoms with van der Waals surface area (Å²) in [7, 11) is 0. The highest BCUT2D eigenvalue weighted by atomic mass is 16.2. The highest BCUT2D eigenvalue weighted by molar-refractivity contribution is 5.79. The van der Waals surface area contributed by atoms with Crippen LogP contribution in [0.3, 0.4) is 0 Å². The molecule has 0 radical (unpaired) electrons. The van der Waals surface area contributed by atoms with Crippen LogP contribution in [0.15, 0.2) is 0 Å². The molecule has 0 aromatic carbocycles. The topological polar surface area (TPSA) is 37.4 Å². The first-order chi connectivity index (χ1) is 9.40. The van der Waals surface area contributed by atoms with Gasteiger partial charge in [0.25, 0.3) is 0 Å². The minimum absolute atomic E-state index is 0.363. The van der Waals surface area contributed by atoms with Crippen LogP contribution in [0.1, 0.15) is 65.2 Å². The maximum Gasteiger partial charge on any atom is 0.222 e. The van der Waals surface area contributed by atoms with Gasteiger partial charge in [0.15, 0.2) is 0 Å². The lowest BCUT2D eigenvalue weighted by atomic mass is 9.68. The number of nitrogens with zero attached hydrogens (tertiary/aromatic N) is 1. The standard InChI is InChI=1S/C17H27NO2/c1-16(2)12-13(16)11-15(20)18-9-7-17(8-10-18)5-3-14(19)4-6-17/h13H,3-12H2,1-2H3. The number of carbonyl (C=O) groups excluding carboxylic acids is 2. The Kier molecular flexibility index (Phi) is 3.42. The zero-order chi connectivity index (χ0) is 14.4. The van der Waals surface area contributed by atoms with Crippen LogP contribution in [0.4, 0.5) is 0 Å². The molecule has 0 aromatic heterocycles. The predicted molar refractivity (Wildman–Crippen MR) is 78.2 cm³/mol.